The zero-order valence-corrected chi connectivity index (χ0v) is 20.6. The molecule has 1 saturated heterocycles. The van der Waals surface area contributed by atoms with Gasteiger partial charge in [0.25, 0.3) is 0 Å². The quantitative estimate of drug-likeness (QED) is 0.358. The molecule has 1 heterocycles. The minimum Gasteiger partial charge on any atom is -0.594 e. The highest BCUT2D eigenvalue weighted by molar-refractivity contribution is 5.97. The molecule has 1 aliphatic rings. The van der Waals surface area contributed by atoms with Crippen molar-refractivity contribution < 1.29 is 24.1 Å². The first kappa shape index (κ1) is 24.8. The van der Waals surface area contributed by atoms with Crippen molar-refractivity contribution in [1.29, 1.82) is 0 Å². The number of rotatable bonds is 8. The van der Waals surface area contributed by atoms with E-state index in [1.54, 1.807) is 6.07 Å². The minimum atomic E-state index is -0.602. The maximum atomic E-state index is 12.2. The predicted molar refractivity (Wildman–Crippen MR) is 135 cm³/mol. The summed E-state index contributed by atoms with van der Waals surface area (Å²) in [6.07, 6.45) is -0.576. The van der Waals surface area contributed by atoms with Crippen molar-refractivity contribution in [2.24, 2.45) is 4.99 Å². The van der Waals surface area contributed by atoms with E-state index in [4.69, 9.17) is 18.9 Å². The van der Waals surface area contributed by atoms with Crippen LogP contribution in [-0.2, 0) is 9.47 Å². The maximum Gasteiger partial charge on any atom is 0.151 e. The molecule has 0 bridgehead atoms. The molecule has 0 amide bonds. The van der Waals surface area contributed by atoms with E-state index in [9.17, 15) is 5.11 Å². The molecule has 0 N–H and O–H groups in total. The third-order valence-electron chi connectivity index (χ3n) is 5.53. The number of ether oxygens (including phenoxy) is 4. The molecule has 35 heavy (non-hydrogen) atoms. The number of fused-ring (bicyclic) bond motifs is 1. The number of benzene rings is 3. The number of nitrogens with zero attached hydrogens (tertiary/aromatic N) is 2. The van der Waals surface area contributed by atoms with Crippen LogP contribution >= 0.6 is 0 Å². The molecule has 1 unspecified atom stereocenters. The van der Waals surface area contributed by atoms with E-state index in [0.717, 1.165) is 41.9 Å². The number of para-hydroxylation sites is 1. The number of hydrogen-bond donors (Lipinski definition) is 0. The molecule has 3 aromatic carbocycles. The van der Waals surface area contributed by atoms with Crippen LogP contribution in [0.2, 0.25) is 0 Å². The van der Waals surface area contributed by atoms with Crippen LogP contribution < -0.4 is 14.6 Å². The van der Waals surface area contributed by atoms with Crippen LogP contribution in [0.5, 0.6) is 11.5 Å². The van der Waals surface area contributed by atoms with Gasteiger partial charge in [0.15, 0.2) is 6.08 Å². The monoisotopic (exact) mass is 477 g/mol. The highest BCUT2D eigenvalue weighted by atomic mass is 16.6. The topological polar surface area (TPSA) is 75.6 Å². The van der Waals surface area contributed by atoms with Gasteiger partial charge in [-0.05, 0) is 24.3 Å². The Morgan fingerprint density at radius 2 is 1.74 bits per heavy atom. The first-order valence-corrected chi connectivity index (χ1v) is 12.0. The van der Waals surface area contributed by atoms with Crippen LogP contribution in [0, 0.1) is 0 Å². The highest BCUT2D eigenvalue weighted by Crippen LogP contribution is 2.33. The van der Waals surface area contributed by atoms with Crippen LogP contribution in [0.25, 0.3) is 10.8 Å². The number of aliphatic imine (C=N–C) groups is 1. The normalized spacial score (nSPS) is 17.3. The average Bonchev–Trinajstić information content (AvgIpc) is 2.84. The SMILES string of the molecule is CC(C)(C)OC([O-])=Nc1ccc(OCCN2CCOC(COc3ccccc3)C2)c2ccccc12. The van der Waals surface area contributed by atoms with E-state index in [0.29, 0.717) is 25.5 Å². The second-order valence-electron chi connectivity index (χ2n) is 9.49. The molecule has 0 saturated carbocycles. The van der Waals surface area contributed by atoms with Gasteiger partial charge in [-0.2, -0.15) is 0 Å². The summed E-state index contributed by atoms with van der Waals surface area (Å²) in [7, 11) is 0. The van der Waals surface area contributed by atoms with Gasteiger partial charge in [-0.15, -0.1) is 0 Å². The van der Waals surface area contributed by atoms with Gasteiger partial charge < -0.3 is 24.1 Å². The second-order valence-corrected chi connectivity index (χ2v) is 9.49. The Labute approximate surface area is 206 Å². The van der Waals surface area contributed by atoms with Crippen LogP contribution in [-0.4, -0.2) is 62.1 Å². The molecular weight excluding hydrogens is 444 g/mol. The molecule has 4 rings (SSSR count). The zero-order valence-electron chi connectivity index (χ0n) is 20.6. The summed E-state index contributed by atoms with van der Waals surface area (Å²) < 4.78 is 23.2. The van der Waals surface area contributed by atoms with Crippen LogP contribution in [0.4, 0.5) is 5.69 Å². The van der Waals surface area contributed by atoms with Gasteiger partial charge in [0.1, 0.15) is 30.8 Å². The largest absolute Gasteiger partial charge is 0.594 e. The summed E-state index contributed by atoms with van der Waals surface area (Å²) >= 11 is 0. The van der Waals surface area contributed by atoms with Crippen LogP contribution in [0.15, 0.2) is 71.7 Å². The Balaban J connectivity index is 1.34. The van der Waals surface area contributed by atoms with Crippen molar-refractivity contribution in [1.82, 2.24) is 4.90 Å². The van der Waals surface area contributed by atoms with Gasteiger partial charge in [0.05, 0.1) is 12.3 Å². The average molecular weight is 478 g/mol. The molecule has 1 atom stereocenters. The number of hydrogen-bond acceptors (Lipinski definition) is 7. The molecule has 7 heteroatoms. The van der Waals surface area contributed by atoms with Crippen molar-refractivity contribution in [2.75, 3.05) is 39.5 Å². The fourth-order valence-corrected chi connectivity index (χ4v) is 3.94. The van der Waals surface area contributed by atoms with Crippen molar-refractivity contribution in [3.05, 3.63) is 66.7 Å². The van der Waals surface area contributed by atoms with E-state index in [-0.39, 0.29) is 6.10 Å². The van der Waals surface area contributed by atoms with Crippen LogP contribution in [0.3, 0.4) is 0 Å². The fourth-order valence-electron chi connectivity index (χ4n) is 3.94. The standard InChI is InChI=1S/C28H34N2O5/c1-28(2,3)35-27(31)29-25-13-14-26(24-12-8-7-11-23(24)25)33-18-16-30-15-17-32-22(19-30)20-34-21-9-5-4-6-10-21/h4-14,22H,15-20H2,1-3H3,(H,29,31)/p-1. The van der Waals surface area contributed by atoms with E-state index < -0.39 is 11.7 Å². The molecule has 186 valence electrons. The van der Waals surface area contributed by atoms with Crippen LogP contribution in [0.1, 0.15) is 20.8 Å². The Hall–Kier alpha value is -3.29. The molecular formula is C28H33N2O5-. The number of morpholine rings is 1. The van der Waals surface area contributed by atoms with E-state index >= 15 is 0 Å². The van der Waals surface area contributed by atoms with Crippen molar-refractivity contribution >= 4 is 22.5 Å². The summed E-state index contributed by atoms with van der Waals surface area (Å²) in [6.45, 7) is 9.64. The summed E-state index contributed by atoms with van der Waals surface area (Å²) in [6, 6.07) is 21.2. The Morgan fingerprint density at radius 1 is 1.00 bits per heavy atom. The molecule has 7 nitrogen and oxygen atoms in total. The molecule has 0 aliphatic carbocycles. The predicted octanol–water partition coefficient (Wildman–Crippen LogP) is 4.16. The summed E-state index contributed by atoms with van der Waals surface area (Å²) in [5, 5.41) is 14.0. The molecule has 0 spiro atoms. The Kier molecular flexibility index (Phi) is 8.10. The van der Waals surface area contributed by atoms with Gasteiger partial charge >= 0.3 is 0 Å². The first-order chi connectivity index (χ1) is 16.9. The van der Waals surface area contributed by atoms with Crippen molar-refractivity contribution in [3.63, 3.8) is 0 Å². The van der Waals surface area contributed by atoms with Gasteiger partial charge in [0, 0.05) is 36.0 Å². The fraction of sp³-hybridized carbons (Fsp3) is 0.393. The van der Waals surface area contributed by atoms with Crippen molar-refractivity contribution in [2.45, 2.75) is 32.5 Å². The summed E-state index contributed by atoms with van der Waals surface area (Å²) in [5.41, 5.74) is -0.0253. The lowest BCUT2D eigenvalue weighted by atomic mass is 10.1. The first-order valence-electron chi connectivity index (χ1n) is 12.0. The lowest BCUT2D eigenvalue weighted by molar-refractivity contribution is -0.259. The van der Waals surface area contributed by atoms with Crippen molar-refractivity contribution in [3.8, 4) is 11.5 Å². The summed E-state index contributed by atoms with van der Waals surface area (Å²) in [5.74, 6) is 1.62. The summed E-state index contributed by atoms with van der Waals surface area (Å²) in [4.78, 5) is 6.49. The van der Waals surface area contributed by atoms with Gasteiger partial charge in [-0.1, -0.05) is 63.2 Å². The smallest absolute Gasteiger partial charge is 0.151 e. The second kappa shape index (κ2) is 11.4. The minimum absolute atomic E-state index is 0.0264. The van der Waals surface area contributed by atoms with E-state index in [1.807, 2.05) is 81.4 Å². The van der Waals surface area contributed by atoms with Gasteiger partial charge in [-0.25, -0.2) is 4.99 Å². The molecule has 1 aliphatic heterocycles. The lowest BCUT2D eigenvalue weighted by Crippen LogP contribution is -2.46. The third-order valence-corrected chi connectivity index (χ3v) is 5.53. The Bertz CT molecular complexity index is 1130. The highest BCUT2D eigenvalue weighted by Gasteiger charge is 2.21. The zero-order chi connectivity index (χ0) is 24.7. The van der Waals surface area contributed by atoms with E-state index in [2.05, 4.69) is 9.89 Å². The molecule has 0 aromatic heterocycles. The maximum absolute atomic E-state index is 12.2. The van der Waals surface area contributed by atoms with Gasteiger partial charge in [0.2, 0.25) is 0 Å². The molecule has 3 aromatic rings. The Morgan fingerprint density at radius 3 is 2.51 bits per heavy atom. The lowest BCUT2D eigenvalue weighted by Gasteiger charge is -2.32. The third kappa shape index (κ3) is 7.34. The van der Waals surface area contributed by atoms with E-state index in [1.165, 1.54) is 0 Å². The molecule has 0 radical (unpaired) electrons. The molecule has 1 fully saturated rings. The van der Waals surface area contributed by atoms with Gasteiger partial charge in [-0.3, -0.25) is 4.90 Å².